The van der Waals surface area contributed by atoms with Gasteiger partial charge in [-0.25, -0.2) is 0 Å². The minimum Gasteiger partial charge on any atom is -0.455 e. The molecule has 0 atom stereocenters. The molecule has 0 bridgehead atoms. The van der Waals surface area contributed by atoms with Crippen molar-refractivity contribution in [3.63, 3.8) is 0 Å². The highest BCUT2D eigenvalue weighted by Crippen LogP contribution is 2.47. The summed E-state index contributed by atoms with van der Waals surface area (Å²) in [5.74, 6) is 0. The van der Waals surface area contributed by atoms with Crippen molar-refractivity contribution in [3.8, 4) is 33.4 Å². The van der Waals surface area contributed by atoms with Gasteiger partial charge in [-0.3, -0.25) is 0 Å². The third-order valence-corrected chi connectivity index (χ3v) is 14.0. The van der Waals surface area contributed by atoms with Gasteiger partial charge in [-0.2, -0.15) is 0 Å². The summed E-state index contributed by atoms with van der Waals surface area (Å²) in [5, 5.41) is 12.3. The Morgan fingerprint density at radius 2 is 0.921 bits per heavy atom. The minimum atomic E-state index is 0.912. The Bertz CT molecular complexity index is 3930. The van der Waals surface area contributed by atoms with Gasteiger partial charge >= 0.3 is 0 Å². The van der Waals surface area contributed by atoms with E-state index in [9.17, 15) is 0 Å². The number of para-hydroxylation sites is 1. The van der Waals surface area contributed by atoms with Crippen molar-refractivity contribution in [2.24, 2.45) is 0 Å². The van der Waals surface area contributed by atoms with Crippen LogP contribution in [0.2, 0.25) is 0 Å². The zero-order chi connectivity index (χ0) is 41.4. The molecule has 13 rings (SSSR count). The van der Waals surface area contributed by atoms with E-state index in [0.717, 1.165) is 61.3 Å². The molecule has 2 heterocycles. The fourth-order valence-corrected chi connectivity index (χ4v) is 10.9. The van der Waals surface area contributed by atoms with Crippen molar-refractivity contribution in [1.29, 1.82) is 0 Å². The molecule has 2 nitrogen and oxygen atoms in total. The first-order chi connectivity index (χ1) is 31.2. The van der Waals surface area contributed by atoms with Gasteiger partial charge in [-0.1, -0.05) is 158 Å². The monoisotopic (exact) mass is 819 g/mol. The van der Waals surface area contributed by atoms with Crippen LogP contribution in [0.1, 0.15) is 0 Å². The van der Waals surface area contributed by atoms with Crippen LogP contribution in [0.15, 0.2) is 229 Å². The van der Waals surface area contributed by atoms with Crippen LogP contribution in [0.4, 0.5) is 17.1 Å². The summed E-state index contributed by atoms with van der Waals surface area (Å²) in [6.45, 7) is 0. The highest BCUT2D eigenvalue weighted by molar-refractivity contribution is 7.26. The summed E-state index contributed by atoms with van der Waals surface area (Å²) in [6.07, 6.45) is 0. The molecule has 0 aliphatic carbocycles. The van der Waals surface area contributed by atoms with Crippen molar-refractivity contribution >= 4 is 103 Å². The zero-order valence-corrected chi connectivity index (χ0v) is 34.9. The van der Waals surface area contributed by atoms with E-state index < -0.39 is 0 Å². The van der Waals surface area contributed by atoms with Crippen LogP contribution in [0.3, 0.4) is 0 Å². The first-order valence-corrected chi connectivity index (χ1v) is 22.3. The standard InChI is InChI=1S/C60H37NOS/c1-2-12-40-31-47(26-25-38(40)11-1)42-18-8-20-50(33-42)61(56-24-10-23-53-55-35-44-14-4-6-16-46(44)37-58(55)63-60(53)56)49-29-27-39(28-30-49)41-17-7-19-48(32-41)51-21-9-22-52-54-34-43-13-3-5-15-45(43)36-57(54)62-59(51)52/h1-37H. The molecule has 0 radical (unpaired) electrons. The largest absolute Gasteiger partial charge is 0.455 e. The lowest BCUT2D eigenvalue weighted by molar-refractivity contribution is 0.670. The van der Waals surface area contributed by atoms with E-state index in [4.69, 9.17) is 4.42 Å². The van der Waals surface area contributed by atoms with E-state index >= 15 is 0 Å². The van der Waals surface area contributed by atoms with Crippen molar-refractivity contribution in [2.75, 3.05) is 4.90 Å². The third kappa shape index (κ3) is 6.01. The quantitative estimate of drug-likeness (QED) is 0.166. The summed E-state index contributed by atoms with van der Waals surface area (Å²) in [5.41, 5.74) is 12.1. The normalized spacial score (nSPS) is 11.8. The predicted octanol–water partition coefficient (Wildman–Crippen LogP) is 17.9. The third-order valence-electron chi connectivity index (χ3n) is 12.8. The Balaban J connectivity index is 0.929. The average molecular weight is 820 g/mol. The van der Waals surface area contributed by atoms with Gasteiger partial charge in [0, 0.05) is 43.2 Å². The molecule has 0 fully saturated rings. The Hall–Kier alpha value is -7.98. The maximum atomic E-state index is 6.64. The molecule has 13 aromatic rings. The number of thiophene rings is 1. The molecule has 0 aliphatic heterocycles. The fraction of sp³-hybridized carbons (Fsp3) is 0. The molecular weight excluding hydrogens is 783 g/mol. The lowest BCUT2D eigenvalue weighted by Crippen LogP contribution is -2.10. The van der Waals surface area contributed by atoms with Gasteiger partial charge in [0.15, 0.2) is 0 Å². The number of benzene rings is 11. The zero-order valence-electron chi connectivity index (χ0n) is 34.1. The molecular formula is C60H37NOS. The lowest BCUT2D eigenvalue weighted by Gasteiger charge is -2.27. The minimum absolute atomic E-state index is 0.912. The highest BCUT2D eigenvalue weighted by Gasteiger charge is 2.20. The van der Waals surface area contributed by atoms with Crippen LogP contribution >= 0.6 is 11.3 Å². The van der Waals surface area contributed by atoms with Gasteiger partial charge in [-0.15, -0.1) is 11.3 Å². The average Bonchev–Trinajstić information content (AvgIpc) is 3.90. The number of hydrogen-bond donors (Lipinski definition) is 0. The van der Waals surface area contributed by atoms with Crippen molar-refractivity contribution < 1.29 is 4.42 Å². The number of furan rings is 1. The van der Waals surface area contributed by atoms with E-state index in [2.05, 4.69) is 229 Å². The molecule has 0 aliphatic rings. The predicted molar refractivity (Wildman–Crippen MR) is 270 cm³/mol. The van der Waals surface area contributed by atoms with Gasteiger partial charge in [0.05, 0.1) is 10.4 Å². The number of hydrogen-bond acceptors (Lipinski definition) is 3. The van der Waals surface area contributed by atoms with Crippen molar-refractivity contribution in [1.82, 2.24) is 0 Å². The maximum absolute atomic E-state index is 6.64. The first-order valence-electron chi connectivity index (χ1n) is 21.5. The van der Waals surface area contributed by atoms with Crippen LogP contribution in [0.25, 0.3) is 108 Å². The van der Waals surface area contributed by atoms with Crippen LogP contribution in [0.5, 0.6) is 0 Å². The van der Waals surface area contributed by atoms with Crippen LogP contribution < -0.4 is 4.90 Å². The van der Waals surface area contributed by atoms with Crippen molar-refractivity contribution in [2.45, 2.75) is 0 Å². The van der Waals surface area contributed by atoms with Gasteiger partial charge in [-0.05, 0) is 127 Å². The number of anilines is 3. The molecule has 0 amide bonds. The maximum Gasteiger partial charge on any atom is 0.143 e. The molecule has 294 valence electrons. The van der Waals surface area contributed by atoms with Gasteiger partial charge in [0.2, 0.25) is 0 Å². The molecule has 0 N–H and O–H groups in total. The molecule has 11 aromatic carbocycles. The van der Waals surface area contributed by atoms with Crippen LogP contribution in [-0.2, 0) is 0 Å². The van der Waals surface area contributed by atoms with E-state index in [1.807, 2.05) is 11.3 Å². The summed E-state index contributed by atoms with van der Waals surface area (Å²) in [6, 6.07) is 81.8. The van der Waals surface area contributed by atoms with E-state index in [0.29, 0.717) is 0 Å². The molecule has 0 unspecified atom stereocenters. The second kappa shape index (κ2) is 14.3. The molecule has 63 heavy (non-hydrogen) atoms. The molecule has 0 spiro atoms. The number of nitrogens with zero attached hydrogens (tertiary/aromatic N) is 1. The first kappa shape index (κ1) is 35.7. The molecule has 2 aromatic heterocycles. The van der Waals surface area contributed by atoms with Gasteiger partial charge in [0.1, 0.15) is 11.2 Å². The Labute approximate surface area is 368 Å². The second-order valence-corrected chi connectivity index (χ2v) is 17.6. The SMILES string of the molecule is c1cc(-c2ccc(N(c3cccc(-c4ccc5ccccc5c4)c3)c3cccc4c3sc3cc5ccccc5cc34)cc2)cc(-c2cccc3c2oc2cc4ccccc4cc23)c1. The topological polar surface area (TPSA) is 16.4 Å². The molecule has 0 saturated carbocycles. The fourth-order valence-electron chi connectivity index (χ4n) is 9.65. The van der Waals surface area contributed by atoms with E-state index in [1.165, 1.54) is 63.6 Å². The van der Waals surface area contributed by atoms with E-state index in [-0.39, 0.29) is 0 Å². The summed E-state index contributed by atoms with van der Waals surface area (Å²) < 4.78 is 9.20. The van der Waals surface area contributed by atoms with Gasteiger partial charge < -0.3 is 9.32 Å². The number of rotatable bonds is 6. The molecule has 3 heteroatoms. The van der Waals surface area contributed by atoms with Crippen LogP contribution in [-0.4, -0.2) is 0 Å². The summed E-state index contributed by atoms with van der Waals surface area (Å²) >= 11 is 1.88. The Kier molecular flexibility index (Phi) is 8.12. The summed E-state index contributed by atoms with van der Waals surface area (Å²) in [4.78, 5) is 2.44. The Morgan fingerprint density at radius 3 is 1.71 bits per heavy atom. The van der Waals surface area contributed by atoms with E-state index in [1.54, 1.807) is 0 Å². The smallest absolute Gasteiger partial charge is 0.143 e. The summed E-state index contributed by atoms with van der Waals surface area (Å²) in [7, 11) is 0. The van der Waals surface area contributed by atoms with Crippen molar-refractivity contribution in [3.05, 3.63) is 224 Å². The lowest BCUT2D eigenvalue weighted by atomic mass is 9.97. The number of fused-ring (bicyclic) bond motifs is 9. The van der Waals surface area contributed by atoms with Crippen LogP contribution in [0, 0.1) is 0 Å². The Morgan fingerprint density at radius 1 is 0.333 bits per heavy atom. The second-order valence-electron chi connectivity index (χ2n) is 16.5. The van der Waals surface area contributed by atoms with Gasteiger partial charge in [0.25, 0.3) is 0 Å². The highest BCUT2D eigenvalue weighted by atomic mass is 32.1. The molecule has 0 saturated heterocycles.